The molecule has 0 saturated heterocycles. The van der Waals surface area contributed by atoms with E-state index < -0.39 is 12.0 Å². The van der Waals surface area contributed by atoms with Crippen LogP contribution in [0.4, 0.5) is 0 Å². The fourth-order valence-electron chi connectivity index (χ4n) is 2.21. The summed E-state index contributed by atoms with van der Waals surface area (Å²) in [6.07, 6.45) is 1.65. The summed E-state index contributed by atoms with van der Waals surface area (Å²) in [7, 11) is 0. The third kappa shape index (κ3) is 2.30. The van der Waals surface area contributed by atoms with Crippen molar-refractivity contribution in [2.45, 2.75) is 31.7 Å². The highest BCUT2D eigenvalue weighted by atomic mass is 16.4. The maximum absolute atomic E-state index is 11.9. The number of benzene rings is 1. The van der Waals surface area contributed by atoms with Gasteiger partial charge in [0.25, 0.3) is 0 Å². The predicted molar refractivity (Wildman–Crippen MR) is 62.7 cm³/mol. The van der Waals surface area contributed by atoms with E-state index in [2.05, 4.69) is 5.32 Å². The lowest BCUT2D eigenvalue weighted by atomic mass is 10.0. The largest absolute Gasteiger partial charge is 0.480 e. The van der Waals surface area contributed by atoms with Gasteiger partial charge in [-0.3, -0.25) is 9.59 Å². The second-order valence-corrected chi connectivity index (χ2v) is 4.36. The number of aliphatic carboxylic acids is 1. The van der Waals surface area contributed by atoms with Crippen molar-refractivity contribution >= 4 is 11.9 Å². The highest BCUT2D eigenvalue weighted by molar-refractivity contribution is 5.88. The Bertz CT molecular complexity index is 456. The van der Waals surface area contributed by atoms with Gasteiger partial charge in [-0.1, -0.05) is 24.3 Å². The number of rotatable bonds is 3. The Morgan fingerprint density at radius 3 is 2.82 bits per heavy atom. The molecule has 0 bridgehead atoms. The minimum Gasteiger partial charge on any atom is -0.480 e. The Morgan fingerprint density at radius 2 is 2.12 bits per heavy atom. The van der Waals surface area contributed by atoms with E-state index in [4.69, 9.17) is 5.11 Å². The number of nitrogens with one attached hydrogen (secondary N) is 1. The number of carboxylic acid groups (broad SMARTS) is 1. The van der Waals surface area contributed by atoms with Crippen LogP contribution in [0.2, 0.25) is 0 Å². The molecule has 4 heteroatoms. The SMILES string of the molecule is C[C@H](NC(=O)C1CCc2ccccc21)C(=O)O. The second-order valence-electron chi connectivity index (χ2n) is 4.36. The van der Waals surface area contributed by atoms with Crippen molar-refractivity contribution in [3.63, 3.8) is 0 Å². The van der Waals surface area contributed by atoms with Crippen LogP contribution in [0.5, 0.6) is 0 Å². The van der Waals surface area contributed by atoms with Crippen LogP contribution in [0, 0.1) is 0 Å². The summed E-state index contributed by atoms with van der Waals surface area (Å²) in [5.74, 6) is -1.40. The first-order chi connectivity index (χ1) is 8.09. The Labute approximate surface area is 99.6 Å². The number of amides is 1. The van der Waals surface area contributed by atoms with E-state index in [1.807, 2.05) is 24.3 Å². The highest BCUT2D eigenvalue weighted by Crippen LogP contribution is 2.32. The first kappa shape index (κ1) is 11.6. The van der Waals surface area contributed by atoms with Gasteiger partial charge in [0.05, 0.1) is 5.92 Å². The molecule has 1 aromatic carbocycles. The molecular formula is C13H15NO3. The van der Waals surface area contributed by atoms with E-state index in [0.717, 1.165) is 18.4 Å². The summed E-state index contributed by atoms with van der Waals surface area (Å²) < 4.78 is 0. The molecule has 1 aliphatic carbocycles. The van der Waals surface area contributed by atoms with Crippen molar-refractivity contribution in [1.29, 1.82) is 0 Å². The monoisotopic (exact) mass is 233 g/mol. The average molecular weight is 233 g/mol. The maximum Gasteiger partial charge on any atom is 0.325 e. The maximum atomic E-state index is 11.9. The molecule has 1 unspecified atom stereocenters. The number of hydrogen-bond acceptors (Lipinski definition) is 2. The van der Waals surface area contributed by atoms with Crippen LogP contribution < -0.4 is 5.32 Å². The third-order valence-electron chi connectivity index (χ3n) is 3.18. The molecule has 4 nitrogen and oxygen atoms in total. The van der Waals surface area contributed by atoms with E-state index >= 15 is 0 Å². The molecule has 2 atom stereocenters. The van der Waals surface area contributed by atoms with E-state index in [1.54, 1.807) is 0 Å². The van der Waals surface area contributed by atoms with Crippen molar-refractivity contribution < 1.29 is 14.7 Å². The molecule has 2 N–H and O–H groups in total. The molecular weight excluding hydrogens is 218 g/mol. The second kappa shape index (κ2) is 4.57. The lowest BCUT2D eigenvalue weighted by Gasteiger charge is -2.14. The molecule has 0 fully saturated rings. The first-order valence-corrected chi connectivity index (χ1v) is 5.70. The van der Waals surface area contributed by atoms with Crippen LogP contribution in [0.25, 0.3) is 0 Å². The summed E-state index contributed by atoms with van der Waals surface area (Å²) >= 11 is 0. The van der Waals surface area contributed by atoms with Crippen LogP contribution in [0.3, 0.4) is 0 Å². The van der Waals surface area contributed by atoms with E-state index in [0.29, 0.717) is 0 Å². The third-order valence-corrected chi connectivity index (χ3v) is 3.18. The Balaban J connectivity index is 2.10. The number of aryl methyl sites for hydroxylation is 1. The van der Waals surface area contributed by atoms with Gasteiger partial charge in [0.1, 0.15) is 6.04 Å². The van der Waals surface area contributed by atoms with Gasteiger partial charge in [-0.15, -0.1) is 0 Å². The molecule has 1 aliphatic rings. The minimum absolute atomic E-state index is 0.190. The molecule has 0 aromatic heterocycles. The van der Waals surface area contributed by atoms with Crippen molar-refractivity contribution in [1.82, 2.24) is 5.32 Å². The summed E-state index contributed by atoms with van der Waals surface area (Å²) in [6.45, 7) is 1.47. The molecule has 90 valence electrons. The lowest BCUT2D eigenvalue weighted by Crippen LogP contribution is -2.40. The minimum atomic E-state index is -1.01. The summed E-state index contributed by atoms with van der Waals surface area (Å²) in [5.41, 5.74) is 2.22. The van der Waals surface area contributed by atoms with Crippen molar-refractivity contribution in [2.24, 2.45) is 0 Å². The summed E-state index contributed by atoms with van der Waals surface area (Å²) in [5, 5.41) is 11.3. The highest BCUT2D eigenvalue weighted by Gasteiger charge is 2.29. The molecule has 0 heterocycles. The fourth-order valence-corrected chi connectivity index (χ4v) is 2.21. The van der Waals surface area contributed by atoms with E-state index in [1.165, 1.54) is 12.5 Å². The average Bonchev–Trinajstić information content (AvgIpc) is 2.72. The van der Waals surface area contributed by atoms with Crippen LogP contribution >= 0.6 is 0 Å². The first-order valence-electron chi connectivity index (χ1n) is 5.70. The quantitative estimate of drug-likeness (QED) is 0.827. The number of carbonyl (C=O) groups excluding carboxylic acids is 1. The molecule has 0 saturated carbocycles. The topological polar surface area (TPSA) is 66.4 Å². The number of carboxylic acids is 1. The number of carbonyl (C=O) groups is 2. The molecule has 17 heavy (non-hydrogen) atoms. The van der Waals surface area contributed by atoms with Crippen LogP contribution in [-0.2, 0) is 16.0 Å². The Morgan fingerprint density at radius 1 is 1.41 bits per heavy atom. The molecule has 0 spiro atoms. The van der Waals surface area contributed by atoms with Crippen LogP contribution in [0.15, 0.2) is 24.3 Å². The molecule has 1 amide bonds. The predicted octanol–water partition coefficient (Wildman–Crippen LogP) is 1.31. The smallest absolute Gasteiger partial charge is 0.325 e. The zero-order valence-electron chi connectivity index (χ0n) is 9.64. The fraction of sp³-hybridized carbons (Fsp3) is 0.385. The van der Waals surface area contributed by atoms with Crippen molar-refractivity contribution in [3.05, 3.63) is 35.4 Å². The summed E-state index contributed by atoms with van der Waals surface area (Å²) in [4.78, 5) is 22.6. The van der Waals surface area contributed by atoms with E-state index in [9.17, 15) is 9.59 Å². The molecule has 1 aromatic rings. The summed E-state index contributed by atoms with van der Waals surface area (Å²) in [6, 6.07) is 6.99. The van der Waals surface area contributed by atoms with E-state index in [-0.39, 0.29) is 11.8 Å². The van der Waals surface area contributed by atoms with Gasteiger partial charge in [-0.25, -0.2) is 0 Å². The molecule has 0 aliphatic heterocycles. The number of hydrogen-bond donors (Lipinski definition) is 2. The van der Waals surface area contributed by atoms with Gasteiger partial charge in [0.15, 0.2) is 0 Å². The molecule has 0 radical (unpaired) electrons. The normalized spacial score (nSPS) is 19.5. The van der Waals surface area contributed by atoms with Gasteiger partial charge in [0.2, 0.25) is 5.91 Å². The van der Waals surface area contributed by atoms with Crippen LogP contribution in [0.1, 0.15) is 30.4 Å². The Kier molecular flexibility index (Phi) is 3.13. The van der Waals surface area contributed by atoms with Gasteiger partial charge in [0, 0.05) is 0 Å². The van der Waals surface area contributed by atoms with Gasteiger partial charge in [-0.05, 0) is 30.9 Å². The zero-order chi connectivity index (χ0) is 12.4. The van der Waals surface area contributed by atoms with Gasteiger partial charge in [-0.2, -0.15) is 0 Å². The van der Waals surface area contributed by atoms with Crippen molar-refractivity contribution in [3.8, 4) is 0 Å². The van der Waals surface area contributed by atoms with Gasteiger partial charge >= 0.3 is 5.97 Å². The standard InChI is InChI=1S/C13H15NO3/c1-8(13(16)17)14-12(15)11-7-6-9-4-2-3-5-10(9)11/h2-5,8,11H,6-7H2,1H3,(H,14,15)(H,16,17)/t8-,11?/m0/s1. The van der Waals surface area contributed by atoms with Crippen LogP contribution in [-0.4, -0.2) is 23.0 Å². The lowest BCUT2D eigenvalue weighted by molar-refractivity contribution is -0.141. The van der Waals surface area contributed by atoms with Crippen molar-refractivity contribution in [2.75, 3.05) is 0 Å². The number of fused-ring (bicyclic) bond motifs is 1. The molecule has 2 rings (SSSR count). The van der Waals surface area contributed by atoms with Gasteiger partial charge < -0.3 is 10.4 Å². The zero-order valence-corrected chi connectivity index (χ0v) is 9.64. The Hall–Kier alpha value is -1.84.